The Bertz CT molecular complexity index is 641. The number of hydrogen-bond acceptors (Lipinski definition) is 3. The van der Waals surface area contributed by atoms with E-state index in [-0.39, 0.29) is 5.56 Å². The van der Waals surface area contributed by atoms with Gasteiger partial charge in [0.2, 0.25) is 0 Å². The van der Waals surface area contributed by atoms with Crippen molar-refractivity contribution in [3.05, 3.63) is 35.9 Å². The number of nitrogens with one attached hydrogen (secondary N) is 1. The van der Waals surface area contributed by atoms with Crippen LogP contribution in [0.25, 0.3) is 0 Å². The molecule has 0 heterocycles. The minimum Gasteiger partial charge on any atom is -0.479 e. The zero-order valence-electron chi connectivity index (χ0n) is 15.9. The van der Waals surface area contributed by atoms with Gasteiger partial charge in [0.25, 0.3) is 5.91 Å². The van der Waals surface area contributed by atoms with E-state index in [1.54, 1.807) is 26.8 Å². The molecule has 0 spiro atoms. The van der Waals surface area contributed by atoms with Crippen molar-refractivity contribution in [2.75, 3.05) is 0 Å². The van der Waals surface area contributed by atoms with Gasteiger partial charge in [0.05, 0.1) is 0 Å². The van der Waals surface area contributed by atoms with E-state index in [0.717, 1.165) is 6.92 Å². The Labute approximate surface area is 158 Å². The van der Waals surface area contributed by atoms with Crippen molar-refractivity contribution in [2.45, 2.75) is 63.6 Å². The lowest BCUT2D eigenvalue weighted by molar-refractivity contribution is -0.204. The lowest BCUT2D eigenvalue weighted by Crippen LogP contribution is -2.66. The fraction of sp³-hybridized carbons (Fsp3) is 0.556. The molecule has 152 valence electrons. The molecule has 1 aromatic carbocycles. The highest BCUT2D eigenvalue weighted by Crippen LogP contribution is 2.36. The summed E-state index contributed by atoms with van der Waals surface area (Å²) in [6, 6.07) is 6.07. The number of carboxylic acids is 1. The Hall–Kier alpha value is -1.87. The predicted molar refractivity (Wildman–Crippen MR) is 98.1 cm³/mol. The Morgan fingerprint density at radius 3 is 1.96 bits per heavy atom. The van der Waals surface area contributed by atoms with E-state index < -0.39 is 38.0 Å². The number of carboxylic acid groups (broad SMARTS) is 1. The van der Waals surface area contributed by atoms with E-state index in [2.05, 4.69) is 0 Å². The van der Waals surface area contributed by atoms with Crippen molar-refractivity contribution in [3.8, 4) is 0 Å². The van der Waals surface area contributed by atoms with Crippen LogP contribution in [0.3, 0.4) is 0 Å². The van der Waals surface area contributed by atoms with Crippen molar-refractivity contribution in [2.24, 2.45) is 0 Å². The number of halogens is 3. The molecule has 2 atom stereocenters. The molecule has 1 rings (SSSR count). The van der Waals surface area contributed by atoms with Crippen LogP contribution in [0.5, 0.6) is 0 Å². The van der Waals surface area contributed by atoms with Crippen LogP contribution in [-0.2, 0) is 9.22 Å². The molecule has 0 saturated heterocycles. The Morgan fingerprint density at radius 1 is 1.11 bits per heavy atom. The third-order valence-electron chi connectivity index (χ3n) is 4.98. The van der Waals surface area contributed by atoms with E-state index >= 15 is 0 Å². The Balaban J connectivity index is 3.34. The Kier molecular flexibility index (Phi) is 7.62. The first-order chi connectivity index (χ1) is 12.5. The summed E-state index contributed by atoms with van der Waals surface area (Å²) < 4.78 is 47.2. The van der Waals surface area contributed by atoms with Crippen LogP contribution in [0.1, 0.15) is 38.1 Å². The number of carbonyl (C=O) groups excluding carboxylic acids is 1. The van der Waals surface area contributed by atoms with Crippen LogP contribution in [0, 0.1) is 0 Å². The van der Waals surface area contributed by atoms with Gasteiger partial charge < -0.3 is 14.8 Å². The van der Waals surface area contributed by atoms with Crippen molar-refractivity contribution in [1.82, 2.24) is 5.32 Å². The third-order valence-corrected chi connectivity index (χ3v) is 9.70. The standard InChI is InChI=1S/C18H26F3NO4Si/c1-5-27(6-2,7-3)26-17(4,16(24)25)15(18(19,20)21)22-14(23)13-11-9-8-10-12-13/h8-12,15H,5-7H2,1-4H3,(H,22,23)(H,24,25)/t15-,17-/m1/s1. The molecule has 0 bridgehead atoms. The van der Waals surface area contributed by atoms with E-state index in [9.17, 15) is 27.9 Å². The number of hydrogen-bond donors (Lipinski definition) is 2. The highest BCUT2D eigenvalue weighted by Gasteiger charge is 2.59. The van der Waals surface area contributed by atoms with Gasteiger partial charge in [0.15, 0.2) is 20.0 Å². The first kappa shape index (κ1) is 23.2. The second kappa shape index (κ2) is 8.88. The summed E-state index contributed by atoms with van der Waals surface area (Å²) in [4.78, 5) is 24.2. The van der Waals surface area contributed by atoms with E-state index in [1.165, 1.54) is 24.3 Å². The number of rotatable bonds is 9. The van der Waals surface area contributed by atoms with Gasteiger partial charge in [-0.2, -0.15) is 13.2 Å². The summed E-state index contributed by atoms with van der Waals surface area (Å²) in [6.45, 7) is 6.24. The summed E-state index contributed by atoms with van der Waals surface area (Å²) >= 11 is 0. The van der Waals surface area contributed by atoms with E-state index in [4.69, 9.17) is 4.43 Å². The minimum atomic E-state index is -5.01. The molecule has 0 radical (unpaired) electrons. The average molecular weight is 405 g/mol. The molecule has 0 unspecified atom stereocenters. The van der Waals surface area contributed by atoms with Crippen LogP contribution in [-0.4, -0.2) is 43.1 Å². The monoisotopic (exact) mass is 405 g/mol. The molecule has 1 aromatic rings. The largest absolute Gasteiger partial charge is 0.479 e. The molecular weight excluding hydrogens is 379 g/mol. The van der Waals surface area contributed by atoms with Crippen molar-refractivity contribution in [3.63, 3.8) is 0 Å². The molecule has 1 amide bonds. The van der Waals surface area contributed by atoms with Crippen LogP contribution in [0.2, 0.25) is 18.1 Å². The summed E-state index contributed by atoms with van der Waals surface area (Å²) in [7, 11) is -2.72. The van der Waals surface area contributed by atoms with Gasteiger partial charge in [-0.15, -0.1) is 0 Å². The maximum Gasteiger partial charge on any atom is 0.412 e. The zero-order valence-corrected chi connectivity index (χ0v) is 16.9. The average Bonchev–Trinajstić information content (AvgIpc) is 2.63. The Morgan fingerprint density at radius 2 is 1.59 bits per heavy atom. The van der Waals surface area contributed by atoms with E-state index in [0.29, 0.717) is 18.1 Å². The first-order valence-electron chi connectivity index (χ1n) is 8.82. The van der Waals surface area contributed by atoms with Gasteiger partial charge in [0, 0.05) is 5.56 Å². The normalized spacial score (nSPS) is 15.7. The fourth-order valence-corrected chi connectivity index (χ4v) is 6.02. The maximum absolute atomic E-state index is 13.8. The quantitative estimate of drug-likeness (QED) is 0.604. The second-order valence-electron chi connectivity index (χ2n) is 6.57. The number of aliphatic carboxylic acids is 1. The van der Waals surface area contributed by atoms with Crippen molar-refractivity contribution < 1.29 is 32.3 Å². The number of benzene rings is 1. The highest BCUT2D eigenvalue weighted by molar-refractivity contribution is 6.73. The molecule has 2 N–H and O–H groups in total. The molecule has 0 saturated carbocycles. The van der Waals surface area contributed by atoms with Gasteiger partial charge in [-0.05, 0) is 37.2 Å². The molecule has 0 aliphatic heterocycles. The molecule has 0 aromatic heterocycles. The highest BCUT2D eigenvalue weighted by atomic mass is 28.4. The predicted octanol–water partition coefficient (Wildman–Crippen LogP) is 4.21. The topological polar surface area (TPSA) is 75.6 Å². The van der Waals surface area contributed by atoms with Gasteiger partial charge in [-0.25, -0.2) is 4.79 Å². The molecule has 0 aliphatic carbocycles. The molecule has 27 heavy (non-hydrogen) atoms. The number of alkyl halides is 3. The summed E-state index contributed by atoms with van der Waals surface area (Å²) in [5.74, 6) is -2.77. The van der Waals surface area contributed by atoms with Crippen molar-refractivity contribution in [1.29, 1.82) is 0 Å². The zero-order chi connectivity index (χ0) is 20.9. The third kappa shape index (κ3) is 5.32. The van der Waals surface area contributed by atoms with Crippen LogP contribution in [0.4, 0.5) is 13.2 Å². The van der Waals surface area contributed by atoms with Gasteiger partial charge in [-0.1, -0.05) is 39.0 Å². The van der Waals surface area contributed by atoms with E-state index in [1.807, 2.05) is 5.32 Å². The second-order valence-corrected chi connectivity index (χ2v) is 11.3. The molecular formula is C18H26F3NO4Si. The summed E-state index contributed by atoms with van der Waals surface area (Å²) in [5, 5.41) is 11.5. The fourth-order valence-electron chi connectivity index (χ4n) is 2.98. The van der Waals surface area contributed by atoms with Crippen LogP contribution >= 0.6 is 0 Å². The van der Waals surface area contributed by atoms with Crippen molar-refractivity contribution >= 4 is 20.2 Å². The molecule has 0 aliphatic rings. The lowest BCUT2D eigenvalue weighted by atomic mass is 9.95. The lowest BCUT2D eigenvalue weighted by Gasteiger charge is -2.42. The molecule has 0 fully saturated rings. The van der Waals surface area contributed by atoms with Gasteiger partial charge in [0.1, 0.15) is 0 Å². The van der Waals surface area contributed by atoms with Gasteiger partial charge >= 0.3 is 12.1 Å². The summed E-state index contributed by atoms with van der Waals surface area (Å²) in [6.07, 6.45) is -5.01. The SMILES string of the molecule is CC[Si](CC)(CC)O[C@@](C)(C(=O)O)[C@@H](NC(=O)c1ccccc1)C(F)(F)F. The first-order valence-corrected chi connectivity index (χ1v) is 11.3. The number of carbonyl (C=O) groups is 2. The number of amides is 1. The summed E-state index contributed by atoms with van der Waals surface area (Å²) in [5.41, 5.74) is -2.62. The van der Waals surface area contributed by atoms with Crippen LogP contribution < -0.4 is 5.32 Å². The molecule has 5 nitrogen and oxygen atoms in total. The minimum absolute atomic E-state index is 0.00414. The molecule has 9 heteroatoms. The smallest absolute Gasteiger partial charge is 0.412 e. The van der Waals surface area contributed by atoms with Crippen LogP contribution in [0.15, 0.2) is 30.3 Å². The van der Waals surface area contributed by atoms with Gasteiger partial charge in [-0.3, -0.25) is 4.79 Å². The maximum atomic E-state index is 13.8.